The van der Waals surface area contributed by atoms with Crippen LogP contribution in [-0.2, 0) is 6.54 Å². The summed E-state index contributed by atoms with van der Waals surface area (Å²) in [7, 11) is 0. The second-order valence-corrected chi connectivity index (χ2v) is 4.92. The highest BCUT2D eigenvalue weighted by molar-refractivity contribution is 5.94. The van der Waals surface area contributed by atoms with Gasteiger partial charge in [-0.1, -0.05) is 19.1 Å². The van der Waals surface area contributed by atoms with Crippen molar-refractivity contribution in [3.05, 3.63) is 35.4 Å². The smallest absolute Gasteiger partial charge is 0.254 e. The van der Waals surface area contributed by atoms with Gasteiger partial charge in [0, 0.05) is 18.7 Å². The van der Waals surface area contributed by atoms with Gasteiger partial charge in [-0.3, -0.25) is 4.79 Å². The van der Waals surface area contributed by atoms with Gasteiger partial charge in [0.25, 0.3) is 5.91 Å². The maximum atomic E-state index is 12.4. The third kappa shape index (κ3) is 2.40. The van der Waals surface area contributed by atoms with Gasteiger partial charge in [0.2, 0.25) is 0 Å². The van der Waals surface area contributed by atoms with Crippen LogP contribution in [0.25, 0.3) is 0 Å². The molecule has 4 heteroatoms. The Kier molecular flexibility index (Phi) is 3.99. The number of benzene rings is 1. The van der Waals surface area contributed by atoms with Crippen LogP contribution in [0.2, 0.25) is 0 Å². The molecule has 4 nitrogen and oxygen atoms in total. The monoisotopic (exact) mass is 248 g/mol. The first-order chi connectivity index (χ1) is 8.67. The summed E-state index contributed by atoms with van der Waals surface area (Å²) >= 11 is 0. The van der Waals surface area contributed by atoms with E-state index in [1.165, 1.54) is 0 Å². The number of aliphatic hydroxyl groups excluding tert-OH is 1. The number of hydrogen-bond donors (Lipinski definition) is 2. The summed E-state index contributed by atoms with van der Waals surface area (Å²) < 4.78 is 0. The molecule has 2 rings (SSSR count). The normalized spacial score (nSPS) is 23.4. The molecule has 1 saturated heterocycles. The van der Waals surface area contributed by atoms with Gasteiger partial charge in [-0.15, -0.1) is 0 Å². The van der Waals surface area contributed by atoms with Crippen molar-refractivity contribution >= 4 is 5.91 Å². The minimum atomic E-state index is -0.0565. The first-order valence-electron chi connectivity index (χ1n) is 6.38. The van der Waals surface area contributed by atoms with E-state index < -0.39 is 0 Å². The molecular weight excluding hydrogens is 228 g/mol. The van der Waals surface area contributed by atoms with E-state index >= 15 is 0 Å². The Morgan fingerprint density at radius 2 is 2.33 bits per heavy atom. The van der Waals surface area contributed by atoms with E-state index in [1.54, 1.807) is 11.0 Å². The SMILES string of the molecule is CC1CCN(C(=O)c2cccc(CN)c2)C1CO. The van der Waals surface area contributed by atoms with Crippen molar-refractivity contribution in [3.63, 3.8) is 0 Å². The zero-order chi connectivity index (χ0) is 13.1. The molecule has 1 aromatic carbocycles. The number of rotatable bonds is 3. The van der Waals surface area contributed by atoms with Crippen LogP contribution < -0.4 is 5.73 Å². The largest absolute Gasteiger partial charge is 0.394 e. The predicted molar refractivity (Wildman–Crippen MR) is 70.0 cm³/mol. The second-order valence-electron chi connectivity index (χ2n) is 4.92. The van der Waals surface area contributed by atoms with Crippen molar-refractivity contribution in [2.75, 3.05) is 13.2 Å². The predicted octanol–water partition coefficient (Wildman–Crippen LogP) is 0.988. The average molecular weight is 248 g/mol. The highest BCUT2D eigenvalue weighted by Crippen LogP contribution is 2.25. The van der Waals surface area contributed by atoms with E-state index in [0.717, 1.165) is 18.5 Å². The Morgan fingerprint density at radius 3 is 3.00 bits per heavy atom. The van der Waals surface area contributed by atoms with Crippen LogP contribution in [0.1, 0.15) is 29.3 Å². The minimum absolute atomic E-state index is 0.00583. The Hall–Kier alpha value is -1.39. The zero-order valence-corrected chi connectivity index (χ0v) is 10.7. The topological polar surface area (TPSA) is 66.6 Å². The molecule has 98 valence electrons. The Labute approximate surface area is 107 Å². The molecular formula is C14H20N2O2. The summed E-state index contributed by atoms with van der Waals surface area (Å²) in [6, 6.07) is 7.34. The van der Waals surface area contributed by atoms with E-state index in [0.29, 0.717) is 18.0 Å². The van der Waals surface area contributed by atoms with Crippen LogP contribution >= 0.6 is 0 Å². The number of carbonyl (C=O) groups is 1. The van der Waals surface area contributed by atoms with Crippen molar-refractivity contribution in [3.8, 4) is 0 Å². The van der Waals surface area contributed by atoms with E-state index in [2.05, 4.69) is 6.92 Å². The third-order valence-electron chi connectivity index (χ3n) is 3.74. The molecule has 1 heterocycles. The molecule has 1 aliphatic rings. The first kappa shape index (κ1) is 13.1. The molecule has 0 aromatic heterocycles. The quantitative estimate of drug-likeness (QED) is 0.838. The molecule has 18 heavy (non-hydrogen) atoms. The lowest BCUT2D eigenvalue weighted by Gasteiger charge is -2.25. The molecule has 0 radical (unpaired) electrons. The first-order valence-corrected chi connectivity index (χ1v) is 6.38. The average Bonchev–Trinajstić information content (AvgIpc) is 2.79. The molecule has 1 amide bonds. The van der Waals surface area contributed by atoms with Crippen molar-refractivity contribution in [2.24, 2.45) is 11.7 Å². The molecule has 2 atom stereocenters. The summed E-state index contributed by atoms with van der Waals surface area (Å²) in [5.41, 5.74) is 7.19. The summed E-state index contributed by atoms with van der Waals surface area (Å²) in [5, 5.41) is 9.39. The van der Waals surface area contributed by atoms with Crippen LogP contribution in [0.4, 0.5) is 0 Å². The van der Waals surface area contributed by atoms with Crippen molar-refractivity contribution < 1.29 is 9.90 Å². The molecule has 1 aromatic rings. The molecule has 2 unspecified atom stereocenters. The Balaban J connectivity index is 2.20. The number of likely N-dealkylation sites (tertiary alicyclic amines) is 1. The van der Waals surface area contributed by atoms with Crippen LogP contribution in [0, 0.1) is 5.92 Å². The lowest BCUT2D eigenvalue weighted by Crippen LogP contribution is -2.39. The summed E-state index contributed by atoms with van der Waals surface area (Å²) in [4.78, 5) is 14.2. The van der Waals surface area contributed by atoms with Gasteiger partial charge in [-0.05, 0) is 30.0 Å². The third-order valence-corrected chi connectivity index (χ3v) is 3.74. The van der Waals surface area contributed by atoms with Gasteiger partial charge in [0.05, 0.1) is 12.6 Å². The van der Waals surface area contributed by atoms with Gasteiger partial charge in [0.1, 0.15) is 0 Å². The molecule has 0 bridgehead atoms. The minimum Gasteiger partial charge on any atom is -0.394 e. The van der Waals surface area contributed by atoms with Crippen LogP contribution in [0.3, 0.4) is 0 Å². The number of amides is 1. The van der Waals surface area contributed by atoms with Crippen molar-refractivity contribution in [1.82, 2.24) is 4.90 Å². The van der Waals surface area contributed by atoms with Gasteiger partial charge < -0.3 is 15.7 Å². The number of nitrogens with two attached hydrogens (primary N) is 1. The maximum absolute atomic E-state index is 12.4. The highest BCUT2D eigenvalue weighted by Gasteiger charge is 2.34. The standard InChI is InChI=1S/C14H20N2O2/c1-10-5-6-16(13(10)9-17)14(18)12-4-2-3-11(7-12)8-15/h2-4,7,10,13,17H,5-6,8-9,15H2,1H3. The van der Waals surface area contributed by atoms with E-state index in [9.17, 15) is 9.90 Å². The van der Waals surface area contributed by atoms with E-state index in [1.807, 2.05) is 18.2 Å². The Morgan fingerprint density at radius 1 is 1.56 bits per heavy atom. The summed E-state index contributed by atoms with van der Waals surface area (Å²) in [6.07, 6.45) is 0.952. The van der Waals surface area contributed by atoms with Gasteiger partial charge >= 0.3 is 0 Å². The maximum Gasteiger partial charge on any atom is 0.254 e. The zero-order valence-electron chi connectivity index (χ0n) is 10.7. The van der Waals surface area contributed by atoms with E-state index in [4.69, 9.17) is 5.73 Å². The molecule has 0 aliphatic carbocycles. The number of carbonyl (C=O) groups excluding carboxylic acids is 1. The van der Waals surface area contributed by atoms with Crippen molar-refractivity contribution in [2.45, 2.75) is 25.9 Å². The number of hydrogen-bond acceptors (Lipinski definition) is 3. The summed E-state index contributed by atoms with van der Waals surface area (Å²) in [6.45, 7) is 3.26. The number of aliphatic hydroxyl groups is 1. The molecule has 1 aliphatic heterocycles. The fourth-order valence-electron chi connectivity index (χ4n) is 2.54. The lowest BCUT2D eigenvalue weighted by atomic mass is 10.0. The van der Waals surface area contributed by atoms with Crippen LogP contribution in [0.5, 0.6) is 0 Å². The molecule has 0 spiro atoms. The summed E-state index contributed by atoms with van der Waals surface area (Å²) in [5.74, 6) is 0.352. The lowest BCUT2D eigenvalue weighted by molar-refractivity contribution is 0.0648. The molecule has 3 N–H and O–H groups in total. The fourth-order valence-corrected chi connectivity index (χ4v) is 2.54. The van der Waals surface area contributed by atoms with Crippen LogP contribution in [0.15, 0.2) is 24.3 Å². The van der Waals surface area contributed by atoms with Gasteiger partial charge in [0.15, 0.2) is 0 Å². The molecule has 0 saturated carbocycles. The van der Waals surface area contributed by atoms with Crippen molar-refractivity contribution in [1.29, 1.82) is 0 Å². The number of nitrogens with zero attached hydrogens (tertiary/aromatic N) is 1. The van der Waals surface area contributed by atoms with Gasteiger partial charge in [-0.25, -0.2) is 0 Å². The fraction of sp³-hybridized carbons (Fsp3) is 0.500. The second kappa shape index (κ2) is 5.50. The Bertz CT molecular complexity index is 434. The van der Waals surface area contributed by atoms with Crippen LogP contribution in [-0.4, -0.2) is 35.1 Å². The van der Waals surface area contributed by atoms with E-state index in [-0.39, 0.29) is 18.6 Å². The molecule has 1 fully saturated rings. The highest BCUT2D eigenvalue weighted by atomic mass is 16.3. The van der Waals surface area contributed by atoms with Gasteiger partial charge in [-0.2, -0.15) is 0 Å².